The molecule has 8 heteroatoms. The van der Waals surface area contributed by atoms with Gasteiger partial charge in [0.2, 0.25) is 5.89 Å². The van der Waals surface area contributed by atoms with Crippen molar-refractivity contribution in [3.05, 3.63) is 98.0 Å². The second-order valence-corrected chi connectivity index (χ2v) is 8.80. The summed E-state index contributed by atoms with van der Waals surface area (Å²) in [5.41, 5.74) is 10.5. The maximum absolute atomic E-state index is 13.0. The van der Waals surface area contributed by atoms with Crippen LogP contribution in [0.4, 0.5) is 11.5 Å². The van der Waals surface area contributed by atoms with Gasteiger partial charge in [-0.3, -0.25) is 14.3 Å². The number of nitrogens with zero attached hydrogens (tertiary/aromatic N) is 3. The number of benzene rings is 2. The van der Waals surface area contributed by atoms with Crippen molar-refractivity contribution in [3.63, 3.8) is 0 Å². The molecule has 4 aromatic rings. The summed E-state index contributed by atoms with van der Waals surface area (Å²) in [5, 5.41) is 0. The van der Waals surface area contributed by atoms with Crippen molar-refractivity contribution in [2.75, 3.05) is 10.6 Å². The Morgan fingerprint density at radius 2 is 1.86 bits per heavy atom. The number of hydrogen-bond acceptors (Lipinski definition) is 6. The summed E-state index contributed by atoms with van der Waals surface area (Å²) in [6.45, 7) is 7.22. The van der Waals surface area contributed by atoms with Crippen LogP contribution < -0.4 is 21.9 Å². The van der Waals surface area contributed by atoms with E-state index in [9.17, 15) is 9.59 Å². The molecular formula is C27H31N5O3. The molecule has 0 atom stereocenters. The third-order valence-corrected chi connectivity index (χ3v) is 6.00. The van der Waals surface area contributed by atoms with E-state index in [4.69, 9.17) is 15.1 Å². The number of nitrogens with one attached hydrogen (secondary N) is 1. The Bertz CT molecular complexity index is 1420. The summed E-state index contributed by atoms with van der Waals surface area (Å²) < 4.78 is 7.24. The van der Waals surface area contributed by atoms with Crippen molar-refractivity contribution in [2.24, 2.45) is 0 Å². The van der Waals surface area contributed by atoms with Gasteiger partial charge in [-0.15, -0.1) is 0 Å². The number of aromatic nitrogens is 3. The van der Waals surface area contributed by atoms with Crippen molar-refractivity contribution < 1.29 is 4.42 Å². The summed E-state index contributed by atoms with van der Waals surface area (Å²) in [4.78, 5) is 34.4. The van der Waals surface area contributed by atoms with Gasteiger partial charge in [-0.05, 0) is 37.5 Å². The zero-order valence-electron chi connectivity index (χ0n) is 20.4. The maximum Gasteiger partial charge on any atom is 0.330 e. The molecule has 0 aliphatic rings. The number of aryl methyl sites for hydroxylation is 2. The molecule has 0 amide bonds. The van der Waals surface area contributed by atoms with E-state index in [0.717, 1.165) is 29.5 Å². The van der Waals surface area contributed by atoms with Gasteiger partial charge in [0.05, 0.1) is 12.2 Å². The van der Waals surface area contributed by atoms with Crippen molar-refractivity contribution >= 4 is 11.5 Å². The molecule has 0 radical (unpaired) electrons. The molecule has 2 aromatic carbocycles. The highest BCUT2D eigenvalue weighted by molar-refractivity contribution is 5.63. The van der Waals surface area contributed by atoms with E-state index in [1.165, 1.54) is 10.1 Å². The van der Waals surface area contributed by atoms with Crippen LogP contribution in [0.5, 0.6) is 0 Å². The lowest BCUT2D eigenvalue weighted by Gasteiger charge is -2.25. The number of unbranched alkanes of at least 4 members (excludes halogenated alkanes) is 1. The molecule has 35 heavy (non-hydrogen) atoms. The van der Waals surface area contributed by atoms with Gasteiger partial charge >= 0.3 is 5.69 Å². The van der Waals surface area contributed by atoms with Crippen LogP contribution in [0.15, 0.2) is 68.8 Å². The average Bonchev–Trinajstić information content (AvgIpc) is 3.27. The van der Waals surface area contributed by atoms with Gasteiger partial charge in [0.1, 0.15) is 17.8 Å². The highest BCUT2D eigenvalue weighted by atomic mass is 16.3. The normalized spacial score (nSPS) is 11.1. The van der Waals surface area contributed by atoms with Crippen molar-refractivity contribution in [1.82, 2.24) is 14.5 Å². The van der Waals surface area contributed by atoms with Crippen LogP contribution in [0.3, 0.4) is 0 Å². The summed E-state index contributed by atoms with van der Waals surface area (Å²) in [6, 6.07) is 15.9. The SMILES string of the molecule is CCCCn1c(N)c(N(Cc2ccccc2)Cc2coc(-c3ccc(C)cc3C)n2)c(=O)[nH]c1=O. The first-order valence-corrected chi connectivity index (χ1v) is 11.8. The Kier molecular flexibility index (Phi) is 7.19. The maximum atomic E-state index is 13.0. The third kappa shape index (κ3) is 5.37. The van der Waals surface area contributed by atoms with Crippen LogP contribution in [0, 0.1) is 13.8 Å². The number of hydrogen-bond donors (Lipinski definition) is 2. The van der Waals surface area contributed by atoms with Gasteiger partial charge in [-0.2, -0.15) is 0 Å². The van der Waals surface area contributed by atoms with Gasteiger partial charge in [-0.1, -0.05) is 61.4 Å². The predicted octanol–water partition coefficient (Wildman–Crippen LogP) is 4.40. The number of nitrogen functional groups attached to an aromatic ring is 1. The molecule has 0 spiro atoms. The molecule has 2 aromatic heterocycles. The second-order valence-electron chi connectivity index (χ2n) is 8.80. The minimum absolute atomic E-state index is 0.154. The van der Waals surface area contributed by atoms with Gasteiger partial charge in [0.15, 0.2) is 0 Å². The molecule has 0 unspecified atom stereocenters. The highest BCUT2D eigenvalue weighted by Crippen LogP contribution is 2.26. The van der Waals surface area contributed by atoms with E-state index in [0.29, 0.717) is 24.7 Å². The van der Waals surface area contributed by atoms with Crippen molar-refractivity contribution in [1.29, 1.82) is 0 Å². The van der Waals surface area contributed by atoms with Crippen LogP contribution in [-0.2, 0) is 19.6 Å². The van der Waals surface area contributed by atoms with E-state index in [2.05, 4.69) is 11.1 Å². The Balaban J connectivity index is 1.73. The molecule has 182 valence electrons. The fourth-order valence-corrected chi connectivity index (χ4v) is 4.19. The molecular weight excluding hydrogens is 442 g/mol. The van der Waals surface area contributed by atoms with Crippen LogP contribution in [0.25, 0.3) is 11.5 Å². The Labute approximate surface area is 204 Å². The third-order valence-electron chi connectivity index (χ3n) is 6.00. The van der Waals surface area contributed by atoms with Crippen LogP contribution in [0.2, 0.25) is 0 Å². The number of rotatable bonds is 9. The fraction of sp³-hybridized carbons (Fsp3) is 0.296. The topological polar surface area (TPSA) is 110 Å². The first-order chi connectivity index (χ1) is 16.9. The van der Waals surface area contributed by atoms with E-state index < -0.39 is 11.2 Å². The lowest BCUT2D eigenvalue weighted by molar-refractivity contribution is 0.571. The minimum atomic E-state index is -0.519. The molecule has 0 aliphatic heterocycles. The van der Waals surface area contributed by atoms with Crippen LogP contribution in [-0.4, -0.2) is 14.5 Å². The van der Waals surface area contributed by atoms with Gasteiger partial charge < -0.3 is 15.1 Å². The lowest BCUT2D eigenvalue weighted by atomic mass is 10.1. The smallest absolute Gasteiger partial charge is 0.330 e. The quantitative estimate of drug-likeness (QED) is 0.373. The highest BCUT2D eigenvalue weighted by Gasteiger charge is 2.21. The van der Waals surface area contributed by atoms with Crippen molar-refractivity contribution in [3.8, 4) is 11.5 Å². The summed E-state index contributed by atoms with van der Waals surface area (Å²) in [5.74, 6) is 0.674. The van der Waals surface area contributed by atoms with Crippen LogP contribution >= 0.6 is 0 Å². The van der Waals surface area contributed by atoms with Gasteiger partial charge in [0.25, 0.3) is 5.56 Å². The minimum Gasteiger partial charge on any atom is -0.444 e. The number of H-pyrrole nitrogens is 1. The first-order valence-electron chi connectivity index (χ1n) is 11.8. The number of anilines is 2. The summed E-state index contributed by atoms with van der Waals surface area (Å²) >= 11 is 0. The molecule has 0 bridgehead atoms. The molecule has 8 nitrogen and oxygen atoms in total. The van der Waals surface area contributed by atoms with Gasteiger partial charge in [-0.25, -0.2) is 9.78 Å². The zero-order chi connectivity index (χ0) is 24.9. The molecule has 2 heterocycles. The Hall–Kier alpha value is -4.07. The largest absolute Gasteiger partial charge is 0.444 e. The fourth-order valence-electron chi connectivity index (χ4n) is 4.19. The first kappa shape index (κ1) is 24.1. The predicted molar refractivity (Wildman–Crippen MR) is 138 cm³/mol. The Morgan fingerprint density at radius 1 is 1.09 bits per heavy atom. The average molecular weight is 474 g/mol. The van der Waals surface area contributed by atoms with E-state index in [-0.39, 0.29) is 18.1 Å². The number of oxazole rings is 1. The van der Waals surface area contributed by atoms with Crippen molar-refractivity contribution in [2.45, 2.75) is 53.2 Å². The molecule has 3 N–H and O–H groups in total. The molecule has 4 rings (SSSR count). The van der Waals surface area contributed by atoms with E-state index in [1.807, 2.05) is 68.1 Å². The van der Waals surface area contributed by atoms with E-state index in [1.54, 1.807) is 6.26 Å². The second kappa shape index (κ2) is 10.5. The Morgan fingerprint density at radius 3 is 2.57 bits per heavy atom. The summed E-state index contributed by atoms with van der Waals surface area (Å²) in [6.07, 6.45) is 3.27. The molecule has 0 fully saturated rings. The molecule has 0 saturated heterocycles. The lowest BCUT2D eigenvalue weighted by Crippen LogP contribution is -2.38. The molecule has 0 aliphatic carbocycles. The van der Waals surface area contributed by atoms with Gasteiger partial charge in [0, 0.05) is 18.7 Å². The number of aromatic amines is 1. The van der Waals surface area contributed by atoms with Crippen LogP contribution in [0.1, 0.15) is 42.1 Å². The standard InChI is InChI=1S/C27H31N5O3/c1-4-5-13-32-24(28)23(25(33)30-27(32)34)31(15-20-9-7-6-8-10-20)16-21-17-35-26(29-21)22-12-11-18(2)14-19(22)3/h6-12,14,17H,4-5,13,15-16,28H2,1-3H3,(H,30,33,34). The zero-order valence-corrected chi connectivity index (χ0v) is 20.4. The van der Waals surface area contributed by atoms with E-state index >= 15 is 0 Å². The molecule has 0 saturated carbocycles. The monoisotopic (exact) mass is 473 g/mol. The summed E-state index contributed by atoms with van der Waals surface area (Å²) in [7, 11) is 0. The number of nitrogens with two attached hydrogens (primary N) is 1.